The van der Waals surface area contributed by atoms with Crippen LogP contribution in [0.5, 0.6) is 5.75 Å². The van der Waals surface area contributed by atoms with Gasteiger partial charge in [-0.25, -0.2) is 4.39 Å². The summed E-state index contributed by atoms with van der Waals surface area (Å²) >= 11 is 0. The summed E-state index contributed by atoms with van der Waals surface area (Å²) in [6.45, 7) is 3.23. The van der Waals surface area contributed by atoms with Crippen LogP contribution in [0.25, 0.3) is 17.2 Å². The molecule has 3 N–H and O–H groups in total. The third-order valence-electron chi connectivity index (χ3n) is 6.36. The summed E-state index contributed by atoms with van der Waals surface area (Å²) in [6.07, 6.45) is 2.82. The van der Waals surface area contributed by atoms with Crippen LogP contribution < -0.4 is 10.1 Å². The number of benzene rings is 3. The second-order valence-electron chi connectivity index (χ2n) is 8.44. The van der Waals surface area contributed by atoms with E-state index in [2.05, 4.69) is 24.4 Å². The molecular formula is C29H30FNO3. The van der Waals surface area contributed by atoms with Crippen molar-refractivity contribution in [3.8, 4) is 5.75 Å². The molecule has 0 radical (unpaired) electrons. The number of methoxy groups -OCH3 is 1. The molecule has 0 heterocycles. The summed E-state index contributed by atoms with van der Waals surface area (Å²) in [5.41, 5.74) is 8.46. The van der Waals surface area contributed by atoms with Crippen molar-refractivity contribution in [1.29, 1.82) is 0 Å². The molecule has 4 nitrogen and oxygen atoms in total. The van der Waals surface area contributed by atoms with Crippen LogP contribution in [-0.2, 0) is 19.8 Å². The van der Waals surface area contributed by atoms with Gasteiger partial charge in [-0.05, 0) is 94.8 Å². The van der Waals surface area contributed by atoms with E-state index in [1.807, 2.05) is 42.5 Å². The number of ether oxygens (including phenoxy) is 1. The molecule has 0 bridgehead atoms. The third kappa shape index (κ3) is 4.97. The Bertz CT molecular complexity index is 1210. The number of aliphatic hydroxyl groups is 2. The zero-order chi connectivity index (χ0) is 24.1. The van der Waals surface area contributed by atoms with E-state index in [0.29, 0.717) is 16.9 Å². The van der Waals surface area contributed by atoms with Crippen molar-refractivity contribution >= 4 is 17.2 Å². The number of rotatable bonds is 9. The number of nitrogens with one attached hydrogen (secondary N) is 1. The number of allylic oxidation sites excluding steroid dienone is 2. The monoisotopic (exact) mass is 459 g/mol. The van der Waals surface area contributed by atoms with Gasteiger partial charge in [-0.2, -0.15) is 0 Å². The minimum atomic E-state index is -0.251. The Balaban J connectivity index is 1.65. The third-order valence-corrected chi connectivity index (χ3v) is 6.36. The van der Waals surface area contributed by atoms with Crippen molar-refractivity contribution in [2.45, 2.75) is 33.1 Å². The molecule has 0 amide bonds. The zero-order valence-electron chi connectivity index (χ0n) is 19.6. The maximum atomic E-state index is 14.2. The van der Waals surface area contributed by atoms with Gasteiger partial charge in [0.2, 0.25) is 0 Å². The lowest BCUT2D eigenvalue weighted by atomic mass is 9.97. The van der Waals surface area contributed by atoms with E-state index in [4.69, 9.17) is 4.74 Å². The molecule has 0 saturated heterocycles. The van der Waals surface area contributed by atoms with Crippen LogP contribution in [0.2, 0.25) is 0 Å². The fourth-order valence-electron chi connectivity index (χ4n) is 4.60. The van der Waals surface area contributed by atoms with Crippen molar-refractivity contribution < 1.29 is 19.3 Å². The van der Waals surface area contributed by atoms with E-state index in [9.17, 15) is 14.6 Å². The van der Waals surface area contributed by atoms with Crippen LogP contribution >= 0.6 is 0 Å². The molecule has 34 heavy (non-hydrogen) atoms. The van der Waals surface area contributed by atoms with E-state index in [0.717, 1.165) is 52.9 Å². The molecule has 1 aliphatic carbocycles. The first kappa shape index (κ1) is 23.9. The van der Waals surface area contributed by atoms with E-state index >= 15 is 0 Å². The van der Waals surface area contributed by atoms with Gasteiger partial charge in [-0.3, -0.25) is 0 Å². The zero-order valence-corrected chi connectivity index (χ0v) is 19.6. The highest BCUT2D eigenvalue weighted by Crippen LogP contribution is 2.44. The highest BCUT2D eigenvalue weighted by atomic mass is 19.1. The van der Waals surface area contributed by atoms with Crippen molar-refractivity contribution in [3.63, 3.8) is 0 Å². The average Bonchev–Trinajstić information content (AvgIpc) is 3.11. The number of aliphatic hydroxyl groups excluding tert-OH is 2. The second kappa shape index (κ2) is 10.8. The fourth-order valence-corrected chi connectivity index (χ4v) is 4.60. The molecule has 3 aromatic rings. The molecule has 0 aromatic heterocycles. The van der Waals surface area contributed by atoms with Gasteiger partial charge >= 0.3 is 0 Å². The highest BCUT2D eigenvalue weighted by molar-refractivity contribution is 6.05. The van der Waals surface area contributed by atoms with Gasteiger partial charge in [-0.1, -0.05) is 36.4 Å². The molecule has 5 heteroatoms. The normalized spacial score (nSPS) is 14.1. The van der Waals surface area contributed by atoms with E-state index in [1.165, 1.54) is 11.6 Å². The fraction of sp³-hybridized carbons (Fsp3) is 0.241. The minimum absolute atomic E-state index is 0.196. The molecular weight excluding hydrogens is 429 g/mol. The van der Waals surface area contributed by atoms with Gasteiger partial charge in [0, 0.05) is 12.1 Å². The Morgan fingerprint density at radius 3 is 2.47 bits per heavy atom. The average molecular weight is 460 g/mol. The van der Waals surface area contributed by atoms with Crippen molar-refractivity contribution in [2.75, 3.05) is 13.7 Å². The second-order valence-corrected chi connectivity index (χ2v) is 8.44. The Kier molecular flexibility index (Phi) is 7.58. The summed E-state index contributed by atoms with van der Waals surface area (Å²) in [6, 6.07) is 18.9. The van der Waals surface area contributed by atoms with Gasteiger partial charge in [0.05, 0.1) is 20.3 Å². The Morgan fingerprint density at radius 1 is 0.971 bits per heavy atom. The predicted molar refractivity (Wildman–Crippen MR) is 134 cm³/mol. The molecule has 0 spiro atoms. The lowest BCUT2D eigenvalue weighted by Crippen LogP contribution is -2.15. The van der Waals surface area contributed by atoms with Crippen molar-refractivity contribution in [1.82, 2.24) is 5.32 Å². The molecule has 0 aliphatic heterocycles. The first-order chi connectivity index (χ1) is 16.5. The Morgan fingerprint density at radius 2 is 1.76 bits per heavy atom. The number of fused-ring (bicyclic) bond motifs is 1. The molecule has 0 atom stereocenters. The maximum Gasteiger partial charge on any atom is 0.125 e. The highest BCUT2D eigenvalue weighted by Gasteiger charge is 2.24. The largest absolute Gasteiger partial charge is 0.496 e. The van der Waals surface area contributed by atoms with Crippen LogP contribution in [0.4, 0.5) is 4.39 Å². The topological polar surface area (TPSA) is 61.7 Å². The van der Waals surface area contributed by atoms with Gasteiger partial charge in [0.25, 0.3) is 0 Å². The van der Waals surface area contributed by atoms with E-state index in [-0.39, 0.29) is 19.0 Å². The molecule has 1 aliphatic rings. The van der Waals surface area contributed by atoms with Crippen molar-refractivity contribution in [3.05, 3.63) is 105 Å². The lowest BCUT2D eigenvalue weighted by molar-refractivity contribution is 0.254. The molecule has 0 saturated carbocycles. The molecule has 0 fully saturated rings. The standard InChI is InChI=1S/C29H30FNO3/c1-19-24(10-11-31-16-20-6-4-3-5-7-20)27-15-23(30)8-9-25(27)26(19)13-21-12-22(17-32)28(18-33)29(14-21)34-2/h3-9,12-15,31-33H,10-11,16-18H2,1-2H3. The Hall–Kier alpha value is -3.25. The van der Waals surface area contributed by atoms with Gasteiger partial charge < -0.3 is 20.3 Å². The van der Waals surface area contributed by atoms with Crippen LogP contribution in [0, 0.1) is 5.82 Å². The number of hydrogen-bond acceptors (Lipinski definition) is 4. The van der Waals surface area contributed by atoms with Gasteiger partial charge in [0.15, 0.2) is 0 Å². The SMILES string of the molecule is COc1cc(C=C2C(C)=C(CCNCc3ccccc3)c3cc(F)ccc32)cc(CO)c1CO. The molecule has 176 valence electrons. The predicted octanol–water partition coefficient (Wildman–Crippen LogP) is 5.33. The van der Waals surface area contributed by atoms with Crippen LogP contribution in [-0.4, -0.2) is 23.9 Å². The summed E-state index contributed by atoms with van der Waals surface area (Å²) in [4.78, 5) is 0. The van der Waals surface area contributed by atoms with Crippen LogP contribution in [0.3, 0.4) is 0 Å². The quantitative estimate of drug-likeness (QED) is 0.379. The van der Waals surface area contributed by atoms with Crippen molar-refractivity contribution in [2.24, 2.45) is 0 Å². The molecule has 3 aromatic carbocycles. The molecule has 4 rings (SSSR count). The first-order valence-corrected chi connectivity index (χ1v) is 11.4. The minimum Gasteiger partial charge on any atom is -0.496 e. The van der Waals surface area contributed by atoms with Crippen LogP contribution in [0.15, 0.2) is 66.2 Å². The summed E-state index contributed by atoms with van der Waals surface area (Å²) < 4.78 is 19.6. The maximum absolute atomic E-state index is 14.2. The van der Waals surface area contributed by atoms with Crippen LogP contribution in [0.1, 0.15) is 46.7 Å². The van der Waals surface area contributed by atoms with E-state index in [1.54, 1.807) is 13.2 Å². The lowest BCUT2D eigenvalue weighted by Gasteiger charge is -2.13. The molecule has 0 unspecified atom stereocenters. The summed E-state index contributed by atoms with van der Waals surface area (Å²) in [5, 5.41) is 23.0. The Labute approximate surface area is 200 Å². The number of hydrogen-bond donors (Lipinski definition) is 3. The smallest absolute Gasteiger partial charge is 0.125 e. The summed E-state index contributed by atoms with van der Waals surface area (Å²) in [7, 11) is 1.55. The first-order valence-electron chi connectivity index (χ1n) is 11.4. The summed E-state index contributed by atoms with van der Waals surface area (Å²) in [5.74, 6) is 0.282. The van der Waals surface area contributed by atoms with E-state index < -0.39 is 0 Å². The number of halogens is 1. The van der Waals surface area contributed by atoms with Gasteiger partial charge in [-0.15, -0.1) is 0 Å². The van der Waals surface area contributed by atoms with Gasteiger partial charge in [0.1, 0.15) is 11.6 Å².